The smallest absolute Gasteiger partial charge is 0.227 e. The molecular formula is C20H24N2O3. The summed E-state index contributed by atoms with van der Waals surface area (Å²) in [5.74, 6) is -0.518. The van der Waals surface area contributed by atoms with Crippen molar-refractivity contribution in [1.82, 2.24) is 0 Å². The van der Waals surface area contributed by atoms with E-state index in [0.717, 1.165) is 0 Å². The van der Waals surface area contributed by atoms with E-state index in [0.29, 0.717) is 16.9 Å². The second-order valence-electron chi connectivity index (χ2n) is 6.59. The average molecular weight is 340 g/mol. The molecule has 5 heteroatoms. The Kier molecular flexibility index (Phi) is 5.93. The first-order valence-corrected chi connectivity index (χ1v) is 8.26. The number of amides is 2. The van der Waals surface area contributed by atoms with Crippen molar-refractivity contribution in [1.29, 1.82) is 0 Å². The third-order valence-corrected chi connectivity index (χ3v) is 3.84. The van der Waals surface area contributed by atoms with Gasteiger partial charge in [0.15, 0.2) is 0 Å². The Morgan fingerprint density at radius 2 is 1.60 bits per heavy atom. The minimum atomic E-state index is -1.26. The maximum atomic E-state index is 12.3. The van der Waals surface area contributed by atoms with Gasteiger partial charge in [-0.2, -0.15) is 0 Å². The number of anilines is 2. The number of carbonyl (C=O) groups excluding carboxylic acids is 2. The fraction of sp³-hybridized carbons (Fsp3) is 0.300. The van der Waals surface area contributed by atoms with Crippen LogP contribution in [0.1, 0.15) is 32.8 Å². The number of aliphatic hydroxyl groups is 1. The molecule has 25 heavy (non-hydrogen) atoms. The van der Waals surface area contributed by atoms with E-state index in [9.17, 15) is 14.7 Å². The number of nitrogens with one attached hydrogen (secondary N) is 2. The van der Waals surface area contributed by atoms with Crippen LogP contribution < -0.4 is 10.6 Å². The molecule has 0 spiro atoms. The lowest BCUT2D eigenvalue weighted by atomic mass is 9.92. The Labute approximate surface area is 148 Å². The Morgan fingerprint density at radius 1 is 1.00 bits per heavy atom. The molecule has 0 aliphatic rings. The van der Waals surface area contributed by atoms with Gasteiger partial charge in [0.2, 0.25) is 11.8 Å². The van der Waals surface area contributed by atoms with Crippen LogP contribution in [0.25, 0.3) is 0 Å². The maximum Gasteiger partial charge on any atom is 0.227 e. The molecule has 2 rings (SSSR count). The molecule has 0 saturated heterocycles. The molecule has 1 unspecified atom stereocenters. The highest BCUT2D eigenvalue weighted by Crippen LogP contribution is 2.25. The van der Waals surface area contributed by atoms with Crippen LogP contribution in [0.3, 0.4) is 0 Å². The molecule has 0 heterocycles. The number of hydrogen-bond acceptors (Lipinski definition) is 3. The van der Waals surface area contributed by atoms with Crippen LogP contribution in [0.4, 0.5) is 11.4 Å². The summed E-state index contributed by atoms with van der Waals surface area (Å²) in [6, 6.07) is 16.0. The third kappa shape index (κ3) is 5.43. The minimum absolute atomic E-state index is 0.0698. The van der Waals surface area contributed by atoms with Crippen LogP contribution in [0, 0.1) is 5.92 Å². The molecule has 0 saturated carbocycles. The summed E-state index contributed by atoms with van der Waals surface area (Å²) >= 11 is 0. The van der Waals surface area contributed by atoms with E-state index in [1.54, 1.807) is 43.3 Å². The van der Waals surface area contributed by atoms with Crippen molar-refractivity contribution in [3.05, 3.63) is 60.2 Å². The van der Waals surface area contributed by atoms with E-state index in [-0.39, 0.29) is 24.2 Å². The van der Waals surface area contributed by atoms with E-state index in [1.165, 1.54) is 0 Å². The van der Waals surface area contributed by atoms with Gasteiger partial charge in [0, 0.05) is 17.3 Å². The van der Waals surface area contributed by atoms with Crippen molar-refractivity contribution in [2.45, 2.75) is 32.8 Å². The molecule has 2 amide bonds. The number of carbonyl (C=O) groups is 2. The molecule has 0 aromatic heterocycles. The molecule has 0 fully saturated rings. The van der Waals surface area contributed by atoms with Crippen molar-refractivity contribution in [2.75, 3.05) is 10.6 Å². The largest absolute Gasteiger partial charge is 0.385 e. The number of hydrogen-bond donors (Lipinski definition) is 3. The molecule has 0 aliphatic heterocycles. The monoisotopic (exact) mass is 340 g/mol. The summed E-state index contributed by atoms with van der Waals surface area (Å²) in [6.45, 7) is 5.24. The van der Waals surface area contributed by atoms with Crippen molar-refractivity contribution in [3.63, 3.8) is 0 Å². The second-order valence-corrected chi connectivity index (χ2v) is 6.59. The number of benzene rings is 2. The average Bonchev–Trinajstić information content (AvgIpc) is 2.55. The van der Waals surface area contributed by atoms with E-state index in [2.05, 4.69) is 10.6 Å². The molecule has 5 nitrogen and oxygen atoms in total. The molecule has 132 valence electrons. The van der Waals surface area contributed by atoms with Gasteiger partial charge >= 0.3 is 0 Å². The SMILES string of the molecule is CC(C)C(=O)Nc1cccc(NC(=O)CC(C)(O)c2ccccc2)c1. The zero-order valence-electron chi connectivity index (χ0n) is 14.7. The lowest BCUT2D eigenvalue weighted by molar-refractivity contribution is -0.121. The summed E-state index contributed by atoms with van der Waals surface area (Å²) in [4.78, 5) is 24.0. The van der Waals surface area contributed by atoms with Crippen molar-refractivity contribution in [2.24, 2.45) is 5.92 Å². The van der Waals surface area contributed by atoms with E-state index in [4.69, 9.17) is 0 Å². The summed E-state index contributed by atoms with van der Waals surface area (Å²) in [5.41, 5.74) is 0.610. The van der Waals surface area contributed by atoms with E-state index in [1.807, 2.05) is 32.0 Å². The van der Waals surface area contributed by atoms with Crippen LogP contribution in [-0.2, 0) is 15.2 Å². The van der Waals surface area contributed by atoms with Crippen LogP contribution in [0.2, 0.25) is 0 Å². The standard InChI is InChI=1S/C20H24N2O3/c1-14(2)19(24)22-17-11-7-10-16(12-17)21-18(23)13-20(3,25)15-8-5-4-6-9-15/h4-12,14,25H,13H2,1-3H3,(H,21,23)(H,22,24). The van der Waals surface area contributed by atoms with E-state index < -0.39 is 5.60 Å². The van der Waals surface area contributed by atoms with Crippen molar-refractivity contribution < 1.29 is 14.7 Å². The van der Waals surface area contributed by atoms with Crippen LogP contribution in [0.5, 0.6) is 0 Å². The van der Waals surface area contributed by atoms with Crippen LogP contribution >= 0.6 is 0 Å². The highest BCUT2D eigenvalue weighted by atomic mass is 16.3. The van der Waals surface area contributed by atoms with Crippen molar-refractivity contribution >= 4 is 23.2 Å². The molecule has 0 aliphatic carbocycles. The lowest BCUT2D eigenvalue weighted by Crippen LogP contribution is -2.28. The van der Waals surface area contributed by atoms with Crippen LogP contribution in [-0.4, -0.2) is 16.9 Å². The molecule has 0 radical (unpaired) electrons. The minimum Gasteiger partial charge on any atom is -0.385 e. The predicted molar refractivity (Wildman–Crippen MR) is 99.2 cm³/mol. The highest BCUT2D eigenvalue weighted by Gasteiger charge is 2.26. The third-order valence-electron chi connectivity index (χ3n) is 3.84. The summed E-state index contributed by atoms with van der Waals surface area (Å²) in [7, 11) is 0. The summed E-state index contributed by atoms with van der Waals surface area (Å²) in [5, 5.41) is 16.1. The van der Waals surface area contributed by atoms with Gasteiger partial charge in [-0.1, -0.05) is 50.2 Å². The zero-order valence-corrected chi connectivity index (χ0v) is 14.7. The van der Waals surface area contributed by atoms with Gasteiger partial charge in [-0.25, -0.2) is 0 Å². The molecule has 3 N–H and O–H groups in total. The quantitative estimate of drug-likeness (QED) is 0.753. The second kappa shape index (κ2) is 7.94. The van der Waals surface area contributed by atoms with Crippen molar-refractivity contribution in [3.8, 4) is 0 Å². The molecule has 1 atom stereocenters. The lowest BCUT2D eigenvalue weighted by Gasteiger charge is -2.23. The predicted octanol–water partition coefficient (Wildman–Crippen LogP) is 3.52. The first-order valence-electron chi connectivity index (χ1n) is 8.26. The number of rotatable bonds is 6. The zero-order chi connectivity index (χ0) is 18.4. The van der Waals surface area contributed by atoms with E-state index >= 15 is 0 Å². The molecule has 2 aromatic carbocycles. The van der Waals surface area contributed by atoms with Gasteiger partial charge in [-0.3, -0.25) is 9.59 Å². The Balaban J connectivity index is 2.02. The van der Waals surface area contributed by atoms with Gasteiger partial charge in [0.25, 0.3) is 0 Å². The first-order chi connectivity index (χ1) is 11.8. The Hall–Kier alpha value is -2.66. The fourth-order valence-corrected chi connectivity index (χ4v) is 2.38. The molecule has 0 bridgehead atoms. The van der Waals surface area contributed by atoms with Gasteiger partial charge in [0.05, 0.1) is 12.0 Å². The fourth-order valence-electron chi connectivity index (χ4n) is 2.38. The Bertz CT molecular complexity index is 740. The molecule has 2 aromatic rings. The summed E-state index contributed by atoms with van der Waals surface area (Å²) < 4.78 is 0. The van der Waals surface area contributed by atoms with Gasteiger partial charge in [-0.15, -0.1) is 0 Å². The van der Waals surface area contributed by atoms with Crippen LogP contribution in [0.15, 0.2) is 54.6 Å². The van der Waals surface area contributed by atoms with Gasteiger partial charge < -0.3 is 15.7 Å². The highest BCUT2D eigenvalue weighted by molar-refractivity contribution is 5.95. The Morgan fingerprint density at radius 3 is 2.20 bits per heavy atom. The normalized spacial score (nSPS) is 13.2. The first kappa shape index (κ1) is 18.7. The topological polar surface area (TPSA) is 78.4 Å². The molecular weight excluding hydrogens is 316 g/mol. The summed E-state index contributed by atoms with van der Waals surface area (Å²) in [6.07, 6.45) is -0.0698. The van der Waals surface area contributed by atoms with Gasteiger partial charge in [-0.05, 0) is 30.7 Å². The van der Waals surface area contributed by atoms with Gasteiger partial charge in [0.1, 0.15) is 0 Å². The maximum absolute atomic E-state index is 12.3.